The van der Waals surface area contributed by atoms with E-state index in [0.29, 0.717) is 0 Å². The lowest BCUT2D eigenvalue weighted by Gasteiger charge is -2.32. The van der Waals surface area contributed by atoms with Gasteiger partial charge in [-0.1, -0.05) is 26.2 Å². The second-order valence-corrected chi connectivity index (χ2v) is 6.80. The minimum Gasteiger partial charge on any atom is -0.465 e. The molecule has 1 heterocycles. The molecule has 3 nitrogen and oxygen atoms in total. The minimum atomic E-state index is 0.761. The molecular formula is C18H30N2O. The van der Waals surface area contributed by atoms with Gasteiger partial charge in [0.05, 0.1) is 6.54 Å². The fraction of sp³-hybridized carbons (Fsp3) is 0.778. The third-order valence-corrected chi connectivity index (χ3v) is 5.09. The highest BCUT2D eigenvalue weighted by atomic mass is 16.3. The molecule has 0 radical (unpaired) electrons. The van der Waals surface area contributed by atoms with Gasteiger partial charge in [-0.05, 0) is 45.2 Å². The zero-order valence-corrected chi connectivity index (χ0v) is 13.7. The molecule has 2 aliphatic carbocycles. The molecule has 1 aromatic rings. The van der Waals surface area contributed by atoms with E-state index in [9.17, 15) is 0 Å². The van der Waals surface area contributed by atoms with Crippen LogP contribution in [0, 0.1) is 6.92 Å². The van der Waals surface area contributed by atoms with Crippen molar-refractivity contribution in [3.63, 3.8) is 0 Å². The molecule has 2 saturated carbocycles. The van der Waals surface area contributed by atoms with E-state index in [4.69, 9.17) is 4.42 Å². The number of nitrogens with zero attached hydrogens (tertiary/aromatic N) is 1. The Morgan fingerprint density at radius 2 is 1.95 bits per heavy atom. The maximum atomic E-state index is 6.01. The summed E-state index contributed by atoms with van der Waals surface area (Å²) in [5, 5.41) is 3.58. The Hall–Kier alpha value is -0.800. The molecular weight excluding hydrogens is 260 g/mol. The van der Waals surface area contributed by atoms with E-state index < -0.39 is 0 Å². The monoisotopic (exact) mass is 290 g/mol. The van der Waals surface area contributed by atoms with Crippen molar-refractivity contribution in [3.05, 3.63) is 23.2 Å². The summed E-state index contributed by atoms with van der Waals surface area (Å²) in [7, 11) is 0. The van der Waals surface area contributed by atoms with Gasteiger partial charge in [0.25, 0.3) is 0 Å². The summed E-state index contributed by atoms with van der Waals surface area (Å²) in [4.78, 5) is 2.61. The Morgan fingerprint density at radius 3 is 2.62 bits per heavy atom. The Morgan fingerprint density at radius 1 is 1.19 bits per heavy atom. The zero-order valence-electron chi connectivity index (χ0n) is 13.7. The van der Waals surface area contributed by atoms with Crippen LogP contribution < -0.4 is 5.32 Å². The van der Waals surface area contributed by atoms with Gasteiger partial charge >= 0.3 is 0 Å². The molecule has 118 valence electrons. The normalized spacial score (nSPS) is 20.3. The lowest BCUT2D eigenvalue weighted by molar-refractivity contribution is 0.145. The number of aryl methyl sites for hydroxylation is 1. The van der Waals surface area contributed by atoms with Crippen molar-refractivity contribution in [2.75, 3.05) is 6.54 Å². The molecule has 21 heavy (non-hydrogen) atoms. The van der Waals surface area contributed by atoms with Crippen molar-refractivity contribution in [1.29, 1.82) is 0 Å². The van der Waals surface area contributed by atoms with Crippen molar-refractivity contribution in [1.82, 2.24) is 10.2 Å². The summed E-state index contributed by atoms with van der Waals surface area (Å²) in [5.41, 5.74) is 1.34. The van der Waals surface area contributed by atoms with Gasteiger partial charge in [-0.15, -0.1) is 0 Å². The van der Waals surface area contributed by atoms with E-state index in [-0.39, 0.29) is 0 Å². The second kappa shape index (κ2) is 6.97. The highest BCUT2D eigenvalue weighted by Crippen LogP contribution is 2.25. The summed E-state index contributed by atoms with van der Waals surface area (Å²) >= 11 is 0. The Bertz CT molecular complexity index is 444. The van der Waals surface area contributed by atoms with Crippen LogP contribution >= 0.6 is 0 Å². The number of hydrogen-bond donors (Lipinski definition) is 1. The van der Waals surface area contributed by atoms with E-state index in [1.807, 2.05) is 0 Å². The Balaban J connectivity index is 1.58. The number of rotatable bonds is 7. The van der Waals surface area contributed by atoms with E-state index in [1.165, 1.54) is 50.5 Å². The lowest BCUT2D eigenvalue weighted by atomic mass is 9.94. The molecule has 0 bridgehead atoms. The van der Waals surface area contributed by atoms with Crippen molar-refractivity contribution in [2.45, 2.75) is 84.0 Å². The van der Waals surface area contributed by atoms with Crippen LogP contribution in [0.3, 0.4) is 0 Å². The van der Waals surface area contributed by atoms with Crippen LogP contribution in [-0.2, 0) is 13.1 Å². The zero-order chi connectivity index (χ0) is 14.7. The molecule has 1 N–H and O–H groups in total. The molecule has 1 aromatic heterocycles. The molecule has 0 aliphatic heterocycles. The van der Waals surface area contributed by atoms with Gasteiger partial charge in [0.1, 0.15) is 11.5 Å². The van der Waals surface area contributed by atoms with Crippen LogP contribution in [0.1, 0.15) is 69.0 Å². The molecule has 2 fully saturated rings. The van der Waals surface area contributed by atoms with Crippen molar-refractivity contribution in [2.24, 2.45) is 0 Å². The molecule has 0 saturated heterocycles. The average molecular weight is 290 g/mol. The van der Waals surface area contributed by atoms with Gasteiger partial charge in [-0.2, -0.15) is 0 Å². The largest absolute Gasteiger partial charge is 0.465 e. The SMILES string of the molecule is CCN(Cc1cc(CNC2CC2)c(C)o1)C1CCCCC1. The summed E-state index contributed by atoms with van der Waals surface area (Å²) in [6.07, 6.45) is 9.63. The van der Waals surface area contributed by atoms with Gasteiger partial charge in [0.15, 0.2) is 0 Å². The lowest BCUT2D eigenvalue weighted by Crippen LogP contribution is -2.35. The summed E-state index contributed by atoms with van der Waals surface area (Å²) in [6.45, 7) is 7.45. The third kappa shape index (κ3) is 4.10. The van der Waals surface area contributed by atoms with Crippen LogP contribution in [0.4, 0.5) is 0 Å². The molecule has 3 heteroatoms. The molecule has 0 unspecified atom stereocenters. The van der Waals surface area contributed by atoms with Crippen LogP contribution in [0.2, 0.25) is 0 Å². The molecule has 0 amide bonds. The first kappa shape index (κ1) is 15.1. The minimum absolute atomic E-state index is 0.761. The molecule has 0 spiro atoms. The van der Waals surface area contributed by atoms with E-state index in [0.717, 1.165) is 43.2 Å². The van der Waals surface area contributed by atoms with Gasteiger partial charge in [0.2, 0.25) is 0 Å². The number of furan rings is 1. The van der Waals surface area contributed by atoms with Gasteiger partial charge in [0, 0.05) is 24.2 Å². The first-order chi connectivity index (χ1) is 10.3. The van der Waals surface area contributed by atoms with Crippen LogP contribution in [0.15, 0.2) is 10.5 Å². The quantitative estimate of drug-likeness (QED) is 0.823. The summed E-state index contributed by atoms with van der Waals surface area (Å²) < 4.78 is 6.01. The Kier molecular flexibility index (Phi) is 5.02. The second-order valence-electron chi connectivity index (χ2n) is 6.80. The number of hydrogen-bond acceptors (Lipinski definition) is 3. The standard InChI is InChI=1S/C18H30N2O/c1-3-20(17-7-5-4-6-8-17)13-18-11-15(14(2)21-18)12-19-16-9-10-16/h11,16-17,19H,3-10,12-13H2,1-2H3. The third-order valence-electron chi connectivity index (χ3n) is 5.09. The number of nitrogens with one attached hydrogen (secondary N) is 1. The summed E-state index contributed by atoms with van der Waals surface area (Å²) in [5.74, 6) is 2.24. The maximum Gasteiger partial charge on any atom is 0.118 e. The predicted octanol–water partition coefficient (Wildman–Crippen LogP) is 3.99. The van der Waals surface area contributed by atoms with Gasteiger partial charge < -0.3 is 9.73 Å². The van der Waals surface area contributed by atoms with Crippen LogP contribution in [-0.4, -0.2) is 23.5 Å². The van der Waals surface area contributed by atoms with Gasteiger partial charge in [-0.3, -0.25) is 4.90 Å². The average Bonchev–Trinajstić information content (AvgIpc) is 3.27. The van der Waals surface area contributed by atoms with Crippen molar-refractivity contribution in [3.8, 4) is 0 Å². The topological polar surface area (TPSA) is 28.4 Å². The van der Waals surface area contributed by atoms with Crippen molar-refractivity contribution < 1.29 is 4.42 Å². The smallest absolute Gasteiger partial charge is 0.118 e. The van der Waals surface area contributed by atoms with E-state index in [1.54, 1.807) is 0 Å². The first-order valence-electron chi connectivity index (χ1n) is 8.82. The highest BCUT2D eigenvalue weighted by molar-refractivity contribution is 5.21. The Labute approximate surface area is 129 Å². The summed E-state index contributed by atoms with van der Waals surface area (Å²) in [6, 6.07) is 3.80. The van der Waals surface area contributed by atoms with Crippen LogP contribution in [0.25, 0.3) is 0 Å². The fourth-order valence-corrected chi connectivity index (χ4v) is 3.53. The van der Waals surface area contributed by atoms with E-state index >= 15 is 0 Å². The maximum absolute atomic E-state index is 6.01. The highest BCUT2D eigenvalue weighted by Gasteiger charge is 2.23. The van der Waals surface area contributed by atoms with Crippen LogP contribution in [0.5, 0.6) is 0 Å². The first-order valence-corrected chi connectivity index (χ1v) is 8.82. The molecule has 0 aromatic carbocycles. The van der Waals surface area contributed by atoms with E-state index in [2.05, 4.69) is 30.1 Å². The molecule has 2 aliphatic rings. The molecule has 0 atom stereocenters. The van der Waals surface area contributed by atoms with Gasteiger partial charge in [-0.25, -0.2) is 0 Å². The molecule has 3 rings (SSSR count). The fourth-order valence-electron chi connectivity index (χ4n) is 3.53. The van der Waals surface area contributed by atoms with Crippen molar-refractivity contribution >= 4 is 0 Å². The predicted molar refractivity (Wildman–Crippen MR) is 86.3 cm³/mol.